The van der Waals surface area contributed by atoms with E-state index in [0.29, 0.717) is 5.92 Å². The Kier molecular flexibility index (Phi) is 8.15. The Labute approximate surface area is 94.7 Å². The number of guanidine groups is 1. The molecule has 0 heterocycles. The summed E-state index contributed by atoms with van der Waals surface area (Å²) in [4.78, 5) is 4.17. The fraction of sp³-hybridized carbons (Fsp3) is 0.917. The molecule has 3 heteroatoms. The summed E-state index contributed by atoms with van der Waals surface area (Å²) in [5.74, 6) is 2.36. The van der Waals surface area contributed by atoms with Crippen molar-refractivity contribution in [3.8, 4) is 0 Å². The molecule has 15 heavy (non-hydrogen) atoms. The van der Waals surface area contributed by atoms with Crippen LogP contribution in [-0.4, -0.2) is 26.1 Å². The minimum Gasteiger partial charge on any atom is -0.356 e. The van der Waals surface area contributed by atoms with Gasteiger partial charge in [0.25, 0.3) is 0 Å². The van der Waals surface area contributed by atoms with Crippen molar-refractivity contribution in [2.24, 2.45) is 16.8 Å². The molecule has 0 saturated carbocycles. The molecule has 2 N–H and O–H groups in total. The van der Waals surface area contributed by atoms with E-state index in [1.807, 2.05) is 7.05 Å². The lowest BCUT2D eigenvalue weighted by Crippen LogP contribution is -2.39. The minimum atomic E-state index is 0.652. The summed E-state index contributed by atoms with van der Waals surface area (Å²) in [6.07, 6.45) is 2.48. The summed E-state index contributed by atoms with van der Waals surface area (Å²) in [5, 5.41) is 6.61. The van der Waals surface area contributed by atoms with Gasteiger partial charge in [-0.1, -0.05) is 27.7 Å². The first-order valence-corrected chi connectivity index (χ1v) is 6.00. The van der Waals surface area contributed by atoms with E-state index in [0.717, 1.165) is 25.0 Å². The predicted octanol–water partition coefficient (Wildman–Crippen LogP) is 2.24. The Hall–Kier alpha value is -0.730. The lowest BCUT2D eigenvalue weighted by Gasteiger charge is -2.13. The molecule has 0 aliphatic rings. The van der Waals surface area contributed by atoms with Crippen LogP contribution in [0.15, 0.2) is 4.99 Å². The van der Waals surface area contributed by atoms with E-state index in [4.69, 9.17) is 0 Å². The van der Waals surface area contributed by atoms with Crippen LogP contribution in [0.25, 0.3) is 0 Å². The molecule has 0 radical (unpaired) electrons. The van der Waals surface area contributed by atoms with Gasteiger partial charge < -0.3 is 10.6 Å². The smallest absolute Gasteiger partial charge is 0.190 e. The molecular weight excluding hydrogens is 186 g/mol. The third-order valence-electron chi connectivity index (χ3n) is 2.15. The first-order valence-electron chi connectivity index (χ1n) is 6.00. The van der Waals surface area contributed by atoms with Crippen molar-refractivity contribution < 1.29 is 0 Å². The highest BCUT2D eigenvalue weighted by atomic mass is 15.2. The molecule has 0 aliphatic carbocycles. The predicted molar refractivity (Wildman–Crippen MR) is 68.3 cm³/mol. The van der Waals surface area contributed by atoms with Gasteiger partial charge in [-0.05, 0) is 24.7 Å². The van der Waals surface area contributed by atoms with E-state index in [9.17, 15) is 0 Å². The second kappa shape index (κ2) is 8.57. The fourth-order valence-electron chi connectivity index (χ4n) is 1.24. The molecule has 90 valence electrons. The number of aliphatic imine (C=N–C) groups is 1. The average molecular weight is 213 g/mol. The van der Waals surface area contributed by atoms with Crippen molar-refractivity contribution in [1.29, 1.82) is 0 Å². The second-order valence-electron chi connectivity index (χ2n) is 4.81. The van der Waals surface area contributed by atoms with Crippen LogP contribution in [0.4, 0.5) is 0 Å². The lowest BCUT2D eigenvalue weighted by molar-refractivity contribution is 0.547. The van der Waals surface area contributed by atoms with Gasteiger partial charge in [0, 0.05) is 20.1 Å². The number of nitrogens with zero attached hydrogens (tertiary/aromatic N) is 1. The van der Waals surface area contributed by atoms with Crippen molar-refractivity contribution in [3.05, 3.63) is 0 Å². The lowest BCUT2D eigenvalue weighted by atomic mass is 10.1. The molecule has 0 aromatic rings. The highest BCUT2D eigenvalue weighted by Crippen LogP contribution is 2.01. The summed E-state index contributed by atoms with van der Waals surface area (Å²) in [6.45, 7) is 10.9. The molecule has 0 fully saturated rings. The zero-order chi connectivity index (χ0) is 11.7. The maximum atomic E-state index is 4.17. The number of hydrogen-bond acceptors (Lipinski definition) is 1. The second-order valence-corrected chi connectivity index (χ2v) is 4.81. The molecule has 0 aromatic heterocycles. The van der Waals surface area contributed by atoms with Gasteiger partial charge in [-0.15, -0.1) is 0 Å². The molecule has 3 nitrogen and oxygen atoms in total. The molecule has 0 atom stereocenters. The minimum absolute atomic E-state index is 0.652. The Morgan fingerprint density at radius 1 is 1.07 bits per heavy atom. The Morgan fingerprint density at radius 2 is 1.73 bits per heavy atom. The summed E-state index contributed by atoms with van der Waals surface area (Å²) in [6, 6.07) is 0. The number of hydrogen-bond donors (Lipinski definition) is 2. The molecule has 0 rings (SSSR count). The van der Waals surface area contributed by atoms with Crippen LogP contribution in [0.1, 0.15) is 40.5 Å². The van der Waals surface area contributed by atoms with Crippen molar-refractivity contribution >= 4 is 5.96 Å². The summed E-state index contributed by atoms with van der Waals surface area (Å²) in [5.41, 5.74) is 0. The highest BCUT2D eigenvalue weighted by molar-refractivity contribution is 5.79. The van der Waals surface area contributed by atoms with E-state index in [-0.39, 0.29) is 0 Å². The van der Waals surface area contributed by atoms with Gasteiger partial charge in [0.15, 0.2) is 5.96 Å². The monoisotopic (exact) mass is 213 g/mol. The molecule has 0 spiro atoms. The van der Waals surface area contributed by atoms with Gasteiger partial charge in [0.1, 0.15) is 0 Å². The first-order chi connectivity index (χ1) is 7.06. The normalized spacial score (nSPS) is 12.3. The van der Waals surface area contributed by atoms with Gasteiger partial charge in [-0.25, -0.2) is 0 Å². The van der Waals surface area contributed by atoms with Crippen molar-refractivity contribution in [3.63, 3.8) is 0 Å². The van der Waals surface area contributed by atoms with Gasteiger partial charge in [0.05, 0.1) is 0 Å². The Morgan fingerprint density at radius 3 is 2.20 bits per heavy atom. The SMILES string of the molecule is CN=C(NCCCC(C)C)NCC(C)C. The summed E-state index contributed by atoms with van der Waals surface area (Å²) in [7, 11) is 1.82. The van der Waals surface area contributed by atoms with Crippen molar-refractivity contribution in [2.75, 3.05) is 20.1 Å². The molecule has 0 aliphatic heterocycles. The molecular formula is C12H27N3. The van der Waals surface area contributed by atoms with Gasteiger partial charge >= 0.3 is 0 Å². The topological polar surface area (TPSA) is 36.4 Å². The fourth-order valence-corrected chi connectivity index (χ4v) is 1.24. The van der Waals surface area contributed by atoms with E-state index in [2.05, 4.69) is 43.3 Å². The van der Waals surface area contributed by atoms with Gasteiger partial charge in [-0.2, -0.15) is 0 Å². The van der Waals surface area contributed by atoms with Crippen LogP contribution >= 0.6 is 0 Å². The third kappa shape index (κ3) is 9.57. The maximum Gasteiger partial charge on any atom is 0.190 e. The molecule has 0 unspecified atom stereocenters. The molecule has 0 saturated heterocycles. The van der Waals surface area contributed by atoms with Gasteiger partial charge in [0.2, 0.25) is 0 Å². The largest absolute Gasteiger partial charge is 0.356 e. The third-order valence-corrected chi connectivity index (χ3v) is 2.15. The van der Waals surface area contributed by atoms with Crippen molar-refractivity contribution in [1.82, 2.24) is 10.6 Å². The molecule has 0 amide bonds. The molecule has 0 aromatic carbocycles. The maximum absolute atomic E-state index is 4.17. The van der Waals surface area contributed by atoms with Crippen LogP contribution in [0.3, 0.4) is 0 Å². The Bertz CT molecular complexity index is 174. The van der Waals surface area contributed by atoms with Crippen LogP contribution in [0.5, 0.6) is 0 Å². The quantitative estimate of drug-likeness (QED) is 0.403. The van der Waals surface area contributed by atoms with E-state index >= 15 is 0 Å². The zero-order valence-corrected chi connectivity index (χ0v) is 10.9. The highest BCUT2D eigenvalue weighted by Gasteiger charge is 1.99. The van der Waals surface area contributed by atoms with E-state index in [1.165, 1.54) is 12.8 Å². The average Bonchev–Trinajstić information content (AvgIpc) is 2.16. The summed E-state index contributed by atoms with van der Waals surface area (Å²) >= 11 is 0. The van der Waals surface area contributed by atoms with Gasteiger partial charge in [-0.3, -0.25) is 4.99 Å². The first kappa shape index (κ1) is 14.3. The van der Waals surface area contributed by atoms with Crippen LogP contribution in [-0.2, 0) is 0 Å². The standard InChI is InChI=1S/C12H27N3/c1-10(2)7-6-8-14-12(13-5)15-9-11(3)4/h10-11H,6-9H2,1-5H3,(H2,13,14,15). The van der Waals surface area contributed by atoms with Crippen molar-refractivity contribution in [2.45, 2.75) is 40.5 Å². The van der Waals surface area contributed by atoms with Crippen LogP contribution in [0.2, 0.25) is 0 Å². The Balaban J connectivity index is 3.54. The summed E-state index contributed by atoms with van der Waals surface area (Å²) < 4.78 is 0. The zero-order valence-electron chi connectivity index (χ0n) is 10.9. The van der Waals surface area contributed by atoms with E-state index in [1.54, 1.807) is 0 Å². The van der Waals surface area contributed by atoms with Crippen LogP contribution < -0.4 is 10.6 Å². The van der Waals surface area contributed by atoms with E-state index < -0.39 is 0 Å². The number of rotatable bonds is 6. The number of nitrogens with one attached hydrogen (secondary N) is 2. The van der Waals surface area contributed by atoms with Crippen LogP contribution in [0, 0.1) is 11.8 Å². The molecule has 0 bridgehead atoms.